The van der Waals surface area contributed by atoms with Gasteiger partial charge in [-0.1, -0.05) is 48.5 Å². The number of rotatable bonds is 7. The van der Waals surface area contributed by atoms with Crippen LogP contribution in [0, 0.1) is 0 Å². The first-order valence-electron chi connectivity index (χ1n) is 8.14. The highest BCUT2D eigenvalue weighted by atomic mass is 32.1. The molecule has 0 spiro atoms. The Morgan fingerprint density at radius 1 is 1.12 bits per heavy atom. The third kappa shape index (κ3) is 4.67. The van der Waals surface area contributed by atoms with Gasteiger partial charge in [-0.2, -0.15) is 0 Å². The van der Waals surface area contributed by atoms with Gasteiger partial charge in [0, 0.05) is 35.9 Å². The van der Waals surface area contributed by atoms with Crippen LogP contribution in [0.5, 0.6) is 5.75 Å². The largest absolute Gasteiger partial charge is 0.496 e. The third-order valence-electron chi connectivity index (χ3n) is 3.86. The molecule has 1 heterocycles. The van der Waals surface area contributed by atoms with Crippen molar-refractivity contribution < 1.29 is 9.53 Å². The summed E-state index contributed by atoms with van der Waals surface area (Å²) < 4.78 is 5.29. The van der Waals surface area contributed by atoms with Gasteiger partial charge in [0.2, 0.25) is 5.91 Å². The van der Waals surface area contributed by atoms with Crippen LogP contribution in [-0.2, 0) is 17.8 Å². The number of benzene rings is 2. The summed E-state index contributed by atoms with van der Waals surface area (Å²) in [7, 11) is 1.63. The van der Waals surface area contributed by atoms with Gasteiger partial charge in [0.1, 0.15) is 5.75 Å². The molecule has 0 aliphatic carbocycles. The van der Waals surface area contributed by atoms with E-state index in [4.69, 9.17) is 4.74 Å². The molecule has 1 aromatic heterocycles. The van der Waals surface area contributed by atoms with Gasteiger partial charge in [-0.25, -0.2) is 4.98 Å². The molecular formula is C20H20N2O2S. The molecule has 1 N–H and O–H groups in total. The average Bonchev–Trinajstić information content (AvgIpc) is 3.14. The van der Waals surface area contributed by atoms with E-state index in [9.17, 15) is 4.79 Å². The second-order valence-electron chi connectivity index (χ2n) is 5.58. The number of nitrogens with one attached hydrogen (secondary N) is 1. The van der Waals surface area contributed by atoms with Gasteiger partial charge in [0.05, 0.1) is 17.8 Å². The van der Waals surface area contributed by atoms with Crippen molar-refractivity contribution >= 4 is 17.2 Å². The number of aryl methyl sites for hydroxylation is 1. The topological polar surface area (TPSA) is 51.2 Å². The van der Waals surface area contributed by atoms with Gasteiger partial charge in [-0.15, -0.1) is 11.3 Å². The van der Waals surface area contributed by atoms with Crippen LogP contribution in [0.2, 0.25) is 0 Å². The predicted octanol–water partition coefficient (Wildman–Crippen LogP) is 4.07. The number of methoxy groups -OCH3 is 1. The van der Waals surface area contributed by atoms with Gasteiger partial charge in [0.15, 0.2) is 0 Å². The first-order chi connectivity index (χ1) is 12.3. The first-order valence-corrected chi connectivity index (χ1v) is 9.02. The van der Waals surface area contributed by atoms with E-state index >= 15 is 0 Å². The van der Waals surface area contributed by atoms with Crippen LogP contribution in [0.1, 0.15) is 17.0 Å². The van der Waals surface area contributed by atoms with Crippen LogP contribution in [0.4, 0.5) is 0 Å². The van der Waals surface area contributed by atoms with E-state index in [0.29, 0.717) is 19.4 Å². The molecule has 0 aliphatic rings. The first kappa shape index (κ1) is 17.2. The number of carbonyl (C=O) groups excluding carboxylic acids is 1. The van der Waals surface area contributed by atoms with E-state index in [-0.39, 0.29) is 5.91 Å². The number of thiazole rings is 1. The van der Waals surface area contributed by atoms with Crippen LogP contribution in [-0.4, -0.2) is 18.0 Å². The zero-order valence-corrected chi connectivity index (χ0v) is 14.9. The van der Waals surface area contributed by atoms with Crippen molar-refractivity contribution in [1.29, 1.82) is 0 Å². The highest BCUT2D eigenvalue weighted by Gasteiger charge is 2.08. The lowest BCUT2D eigenvalue weighted by molar-refractivity contribution is -0.121. The Labute approximate surface area is 151 Å². The maximum Gasteiger partial charge on any atom is 0.220 e. The van der Waals surface area contributed by atoms with Crippen molar-refractivity contribution in [2.24, 2.45) is 0 Å². The highest BCUT2D eigenvalue weighted by Crippen LogP contribution is 2.22. The molecule has 0 fully saturated rings. The molecule has 25 heavy (non-hydrogen) atoms. The van der Waals surface area contributed by atoms with E-state index in [1.807, 2.05) is 60.0 Å². The maximum atomic E-state index is 12.1. The normalized spacial score (nSPS) is 10.4. The van der Waals surface area contributed by atoms with Gasteiger partial charge >= 0.3 is 0 Å². The number of carbonyl (C=O) groups is 1. The number of ether oxygens (including phenoxy) is 1. The summed E-state index contributed by atoms with van der Waals surface area (Å²) >= 11 is 1.60. The third-order valence-corrected chi connectivity index (χ3v) is 4.76. The molecule has 5 heteroatoms. The van der Waals surface area contributed by atoms with E-state index in [1.165, 1.54) is 0 Å². The molecular weight excluding hydrogens is 332 g/mol. The number of aromatic nitrogens is 1. The number of hydrogen-bond donors (Lipinski definition) is 1. The summed E-state index contributed by atoms with van der Waals surface area (Å²) in [6.45, 7) is 0.468. The minimum Gasteiger partial charge on any atom is -0.496 e. The lowest BCUT2D eigenvalue weighted by atomic mass is 10.2. The standard InChI is InChI=1S/C20H20N2O2S/c1-24-18-10-6-5-9-16(18)13-21-19(23)11-12-20-22-17(14-25-20)15-7-3-2-4-8-15/h2-10,14H,11-13H2,1H3,(H,21,23). The van der Waals surface area contributed by atoms with Crippen molar-refractivity contribution in [2.45, 2.75) is 19.4 Å². The minimum absolute atomic E-state index is 0.0161. The molecule has 3 aromatic rings. The molecule has 1 amide bonds. The smallest absolute Gasteiger partial charge is 0.220 e. The lowest BCUT2D eigenvalue weighted by Crippen LogP contribution is -2.23. The molecule has 0 saturated carbocycles. The summed E-state index contributed by atoms with van der Waals surface area (Å²) in [6.07, 6.45) is 1.08. The maximum absolute atomic E-state index is 12.1. The molecule has 4 nitrogen and oxygen atoms in total. The van der Waals surface area contributed by atoms with Gasteiger partial charge in [0.25, 0.3) is 0 Å². The highest BCUT2D eigenvalue weighted by molar-refractivity contribution is 7.09. The van der Waals surface area contributed by atoms with E-state index < -0.39 is 0 Å². The van der Waals surface area contributed by atoms with Crippen molar-refractivity contribution in [3.05, 3.63) is 70.5 Å². The lowest BCUT2D eigenvalue weighted by Gasteiger charge is -2.09. The van der Waals surface area contributed by atoms with Crippen molar-refractivity contribution in [2.75, 3.05) is 7.11 Å². The van der Waals surface area contributed by atoms with Crippen LogP contribution < -0.4 is 10.1 Å². The minimum atomic E-state index is 0.0161. The van der Waals surface area contributed by atoms with Crippen LogP contribution >= 0.6 is 11.3 Å². The summed E-state index contributed by atoms with van der Waals surface area (Å²) in [5.41, 5.74) is 3.04. The Bertz CT molecular complexity index is 830. The van der Waals surface area contributed by atoms with Crippen molar-refractivity contribution in [3.8, 4) is 17.0 Å². The van der Waals surface area contributed by atoms with Crippen molar-refractivity contribution in [3.63, 3.8) is 0 Å². The fourth-order valence-corrected chi connectivity index (χ4v) is 3.33. The van der Waals surface area contributed by atoms with E-state index in [2.05, 4.69) is 10.3 Å². The molecule has 0 aliphatic heterocycles. The average molecular weight is 352 g/mol. The Kier molecular flexibility index (Phi) is 5.80. The van der Waals surface area contributed by atoms with Gasteiger partial charge in [-0.05, 0) is 6.07 Å². The van der Waals surface area contributed by atoms with Crippen molar-refractivity contribution in [1.82, 2.24) is 10.3 Å². The molecule has 0 atom stereocenters. The molecule has 128 valence electrons. The Morgan fingerprint density at radius 2 is 1.88 bits per heavy atom. The van der Waals surface area contributed by atoms with E-state index in [1.54, 1.807) is 18.4 Å². The number of nitrogens with zero attached hydrogens (tertiary/aromatic N) is 1. The zero-order valence-electron chi connectivity index (χ0n) is 14.1. The number of amides is 1. The monoisotopic (exact) mass is 352 g/mol. The Morgan fingerprint density at radius 3 is 2.68 bits per heavy atom. The zero-order chi connectivity index (χ0) is 17.5. The quantitative estimate of drug-likeness (QED) is 0.697. The summed E-state index contributed by atoms with van der Waals surface area (Å²) in [6, 6.07) is 17.8. The Hall–Kier alpha value is -2.66. The van der Waals surface area contributed by atoms with Gasteiger partial charge < -0.3 is 10.1 Å². The van der Waals surface area contributed by atoms with E-state index in [0.717, 1.165) is 27.6 Å². The van der Waals surface area contributed by atoms with Crippen LogP contribution in [0.25, 0.3) is 11.3 Å². The molecule has 2 aromatic carbocycles. The van der Waals surface area contributed by atoms with Crippen LogP contribution in [0.15, 0.2) is 60.0 Å². The second kappa shape index (κ2) is 8.44. The molecule has 0 radical (unpaired) electrons. The number of para-hydroxylation sites is 1. The Balaban J connectivity index is 1.50. The summed E-state index contributed by atoms with van der Waals surface area (Å²) in [4.78, 5) is 16.7. The molecule has 0 unspecified atom stereocenters. The predicted molar refractivity (Wildman–Crippen MR) is 101 cm³/mol. The summed E-state index contributed by atoms with van der Waals surface area (Å²) in [5.74, 6) is 0.803. The van der Waals surface area contributed by atoms with Gasteiger partial charge in [-0.3, -0.25) is 4.79 Å². The molecule has 0 bridgehead atoms. The molecule has 3 rings (SSSR count). The molecule has 0 saturated heterocycles. The SMILES string of the molecule is COc1ccccc1CNC(=O)CCc1nc(-c2ccccc2)cs1. The fourth-order valence-electron chi connectivity index (χ4n) is 2.52. The summed E-state index contributed by atoms with van der Waals surface area (Å²) in [5, 5.41) is 5.96. The fraction of sp³-hybridized carbons (Fsp3) is 0.200. The second-order valence-corrected chi connectivity index (χ2v) is 6.52. The van der Waals surface area contributed by atoms with Crippen LogP contribution in [0.3, 0.4) is 0 Å². The number of hydrogen-bond acceptors (Lipinski definition) is 4.